The standard InChI is InChI=1S/C18H20O2/c1-11-9-15(10-12(2)18(11)20)5-6-16-7-8-17(19)14(4)13(16)3/h5-10,19-20H,1-4H3. The van der Waals surface area contributed by atoms with Gasteiger partial charge in [-0.2, -0.15) is 0 Å². The molecular weight excluding hydrogens is 248 g/mol. The molecule has 0 unspecified atom stereocenters. The second kappa shape index (κ2) is 5.41. The molecule has 0 heterocycles. The van der Waals surface area contributed by atoms with Gasteiger partial charge in [0.15, 0.2) is 0 Å². The lowest BCUT2D eigenvalue weighted by atomic mass is 10.0. The van der Waals surface area contributed by atoms with Gasteiger partial charge in [0.05, 0.1) is 0 Å². The summed E-state index contributed by atoms with van der Waals surface area (Å²) in [6.45, 7) is 7.71. The Kier molecular flexibility index (Phi) is 3.84. The van der Waals surface area contributed by atoms with E-state index in [4.69, 9.17) is 0 Å². The molecule has 0 bridgehead atoms. The first-order valence-electron chi connectivity index (χ1n) is 6.67. The highest BCUT2D eigenvalue weighted by atomic mass is 16.3. The first-order chi connectivity index (χ1) is 9.40. The van der Waals surface area contributed by atoms with Gasteiger partial charge in [0, 0.05) is 0 Å². The highest BCUT2D eigenvalue weighted by Gasteiger charge is 2.04. The molecule has 0 amide bonds. The number of aryl methyl sites for hydroxylation is 2. The van der Waals surface area contributed by atoms with E-state index < -0.39 is 0 Å². The van der Waals surface area contributed by atoms with Gasteiger partial charge in [-0.3, -0.25) is 0 Å². The van der Waals surface area contributed by atoms with Crippen LogP contribution in [0.5, 0.6) is 11.5 Å². The maximum atomic E-state index is 9.78. The number of phenolic OH excluding ortho intramolecular Hbond substituents is 2. The summed E-state index contributed by atoms with van der Waals surface area (Å²) in [5.41, 5.74) is 5.89. The van der Waals surface area contributed by atoms with Crippen molar-refractivity contribution < 1.29 is 10.2 Å². The number of phenols is 2. The van der Waals surface area contributed by atoms with Gasteiger partial charge in [0.2, 0.25) is 0 Å². The molecular formula is C18H20O2. The van der Waals surface area contributed by atoms with E-state index >= 15 is 0 Å². The van der Waals surface area contributed by atoms with Crippen molar-refractivity contribution in [3.8, 4) is 11.5 Å². The van der Waals surface area contributed by atoms with Crippen molar-refractivity contribution in [2.24, 2.45) is 0 Å². The van der Waals surface area contributed by atoms with Gasteiger partial charge in [0.1, 0.15) is 11.5 Å². The van der Waals surface area contributed by atoms with Crippen molar-refractivity contribution in [1.29, 1.82) is 0 Å². The maximum Gasteiger partial charge on any atom is 0.121 e. The fourth-order valence-electron chi connectivity index (χ4n) is 2.28. The highest BCUT2D eigenvalue weighted by Crippen LogP contribution is 2.26. The van der Waals surface area contributed by atoms with Gasteiger partial charge >= 0.3 is 0 Å². The lowest BCUT2D eigenvalue weighted by Crippen LogP contribution is -1.87. The van der Waals surface area contributed by atoms with E-state index in [1.807, 2.05) is 58.0 Å². The summed E-state index contributed by atoms with van der Waals surface area (Å²) in [7, 11) is 0. The molecule has 104 valence electrons. The first kappa shape index (κ1) is 14.2. The summed E-state index contributed by atoms with van der Waals surface area (Å²) < 4.78 is 0. The summed E-state index contributed by atoms with van der Waals surface area (Å²) in [6.07, 6.45) is 4.06. The molecule has 20 heavy (non-hydrogen) atoms. The molecule has 0 radical (unpaired) electrons. The Labute approximate surface area is 120 Å². The number of aromatic hydroxyl groups is 2. The first-order valence-corrected chi connectivity index (χ1v) is 6.67. The average Bonchev–Trinajstić information content (AvgIpc) is 2.41. The molecule has 0 aliphatic heterocycles. The summed E-state index contributed by atoms with van der Waals surface area (Å²) in [5.74, 6) is 0.690. The zero-order chi connectivity index (χ0) is 14.9. The van der Waals surface area contributed by atoms with Crippen LogP contribution in [0.2, 0.25) is 0 Å². The number of hydrogen-bond acceptors (Lipinski definition) is 2. The minimum absolute atomic E-state index is 0.330. The minimum Gasteiger partial charge on any atom is -0.508 e. The predicted molar refractivity (Wildman–Crippen MR) is 84.1 cm³/mol. The van der Waals surface area contributed by atoms with Crippen LogP contribution >= 0.6 is 0 Å². The largest absolute Gasteiger partial charge is 0.508 e. The Bertz CT molecular complexity index is 659. The molecule has 2 aromatic carbocycles. The third-order valence-corrected chi connectivity index (χ3v) is 3.77. The summed E-state index contributed by atoms with van der Waals surface area (Å²) in [6, 6.07) is 7.55. The van der Waals surface area contributed by atoms with Crippen LogP contribution in [-0.2, 0) is 0 Å². The second-order valence-electron chi connectivity index (χ2n) is 5.26. The molecule has 0 aliphatic carbocycles. The van der Waals surface area contributed by atoms with Gasteiger partial charge in [-0.05, 0) is 79.3 Å². The zero-order valence-electron chi connectivity index (χ0n) is 12.4. The fraction of sp³-hybridized carbons (Fsp3) is 0.222. The average molecular weight is 268 g/mol. The molecule has 0 saturated heterocycles. The van der Waals surface area contributed by atoms with E-state index in [1.54, 1.807) is 6.07 Å². The smallest absolute Gasteiger partial charge is 0.121 e. The highest BCUT2D eigenvalue weighted by molar-refractivity contribution is 5.73. The molecule has 0 atom stereocenters. The Morgan fingerprint density at radius 3 is 2.00 bits per heavy atom. The summed E-state index contributed by atoms with van der Waals surface area (Å²) >= 11 is 0. The van der Waals surface area contributed by atoms with Crippen molar-refractivity contribution >= 4 is 12.2 Å². The third-order valence-electron chi connectivity index (χ3n) is 3.77. The third kappa shape index (κ3) is 2.69. The predicted octanol–water partition coefficient (Wildman–Crippen LogP) is 4.50. The van der Waals surface area contributed by atoms with Crippen LogP contribution in [0.3, 0.4) is 0 Å². The van der Waals surface area contributed by atoms with Gasteiger partial charge in [0.25, 0.3) is 0 Å². The van der Waals surface area contributed by atoms with E-state index in [9.17, 15) is 10.2 Å². The van der Waals surface area contributed by atoms with Crippen LogP contribution in [-0.4, -0.2) is 10.2 Å². The van der Waals surface area contributed by atoms with E-state index in [2.05, 4.69) is 0 Å². The topological polar surface area (TPSA) is 40.5 Å². The molecule has 0 aromatic heterocycles. The Hall–Kier alpha value is -2.22. The molecule has 0 aliphatic rings. The minimum atomic E-state index is 0.330. The lowest BCUT2D eigenvalue weighted by Gasteiger charge is -2.07. The van der Waals surface area contributed by atoms with Crippen LogP contribution in [0.1, 0.15) is 33.4 Å². The van der Waals surface area contributed by atoms with E-state index in [1.165, 1.54) is 0 Å². The van der Waals surface area contributed by atoms with E-state index in [0.717, 1.165) is 33.4 Å². The molecule has 2 N–H and O–H groups in total. The monoisotopic (exact) mass is 268 g/mol. The van der Waals surface area contributed by atoms with Crippen molar-refractivity contribution in [2.75, 3.05) is 0 Å². The van der Waals surface area contributed by atoms with Crippen LogP contribution in [0.25, 0.3) is 12.2 Å². The SMILES string of the molecule is Cc1cc(C=Cc2ccc(O)c(C)c2C)cc(C)c1O. The van der Waals surface area contributed by atoms with Crippen molar-refractivity contribution in [3.05, 3.63) is 57.6 Å². The van der Waals surface area contributed by atoms with Crippen molar-refractivity contribution in [2.45, 2.75) is 27.7 Å². The zero-order valence-corrected chi connectivity index (χ0v) is 12.4. The van der Waals surface area contributed by atoms with Gasteiger partial charge in [-0.1, -0.05) is 18.2 Å². The lowest BCUT2D eigenvalue weighted by molar-refractivity contribution is 0.467. The van der Waals surface area contributed by atoms with Gasteiger partial charge < -0.3 is 10.2 Å². The van der Waals surface area contributed by atoms with Gasteiger partial charge in [-0.25, -0.2) is 0 Å². The quantitative estimate of drug-likeness (QED) is 0.787. The van der Waals surface area contributed by atoms with Crippen LogP contribution in [0.4, 0.5) is 0 Å². The van der Waals surface area contributed by atoms with E-state index in [0.29, 0.717) is 11.5 Å². The molecule has 2 heteroatoms. The maximum absolute atomic E-state index is 9.78. The molecule has 2 nitrogen and oxygen atoms in total. The number of benzene rings is 2. The normalized spacial score (nSPS) is 11.2. The molecule has 2 rings (SSSR count). The summed E-state index contributed by atoms with van der Waals surface area (Å²) in [5, 5.41) is 19.4. The fourth-order valence-corrected chi connectivity index (χ4v) is 2.28. The molecule has 0 saturated carbocycles. The van der Waals surface area contributed by atoms with Crippen LogP contribution < -0.4 is 0 Å². The number of rotatable bonds is 2. The molecule has 0 spiro atoms. The second-order valence-corrected chi connectivity index (χ2v) is 5.26. The molecule has 0 fully saturated rings. The van der Waals surface area contributed by atoms with Crippen molar-refractivity contribution in [3.63, 3.8) is 0 Å². The number of hydrogen-bond donors (Lipinski definition) is 2. The van der Waals surface area contributed by atoms with Crippen LogP contribution in [0.15, 0.2) is 24.3 Å². The van der Waals surface area contributed by atoms with Gasteiger partial charge in [-0.15, -0.1) is 0 Å². The van der Waals surface area contributed by atoms with Crippen LogP contribution in [0, 0.1) is 27.7 Å². The molecule has 2 aromatic rings. The Morgan fingerprint density at radius 2 is 1.40 bits per heavy atom. The Morgan fingerprint density at radius 1 is 0.800 bits per heavy atom. The Balaban J connectivity index is 2.37. The van der Waals surface area contributed by atoms with Crippen molar-refractivity contribution in [1.82, 2.24) is 0 Å². The summed E-state index contributed by atoms with van der Waals surface area (Å²) in [4.78, 5) is 0. The van der Waals surface area contributed by atoms with E-state index in [-0.39, 0.29) is 0 Å².